The van der Waals surface area contributed by atoms with Crippen molar-refractivity contribution in [1.29, 1.82) is 0 Å². The molecule has 2 fully saturated rings. The minimum Gasteiger partial charge on any atom is -0.480 e. The summed E-state index contributed by atoms with van der Waals surface area (Å²) in [6.45, 7) is 2.38. The molecule has 1 amide bonds. The Morgan fingerprint density at radius 3 is 2.70 bits per heavy atom. The lowest BCUT2D eigenvalue weighted by atomic mass is 9.98. The Morgan fingerprint density at radius 2 is 2.15 bits per heavy atom. The number of hydrogen-bond donors (Lipinski definition) is 1. The second-order valence-corrected chi connectivity index (χ2v) is 5.42. The summed E-state index contributed by atoms with van der Waals surface area (Å²) in [5.74, 6) is -1.06. The fraction of sp³-hybridized carbons (Fsp3) is 0.846. The van der Waals surface area contributed by atoms with Crippen LogP contribution in [0.1, 0.15) is 32.6 Å². The van der Waals surface area contributed by atoms with E-state index in [9.17, 15) is 14.7 Å². The summed E-state index contributed by atoms with van der Waals surface area (Å²) in [4.78, 5) is 24.4. The van der Waals surface area contributed by atoms with E-state index >= 15 is 0 Å². The lowest BCUT2D eigenvalue weighted by Crippen LogP contribution is -2.50. The average molecular weight is 287 g/mol. The van der Waals surface area contributed by atoms with Crippen LogP contribution in [0.4, 0.5) is 4.79 Å². The lowest BCUT2D eigenvalue weighted by Gasteiger charge is -2.29. The third-order valence-corrected chi connectivity index (χ3v) is 3.94. The summed E-state index contributed by atoms with van der Waals surface area (Å²) in [6, 6.07) is 0. The minimum atomic E-state index is -1.30. The molecule has 0 aromatic heterocycles. The molecule has 0 saturated carbocycles. The third-order valence-electron chi connectivity index (χ3n) is 3.94. The minimum absolute atomic E-state index is 0.204. The van der Waals surface area contributed by atoms with E-state index in [1.165, 1.54) is 18.9 Å². The van der Waals surface area contributed by atoms with E-state index in [0.29, 0.717) is 6.61 Å². The van der Waals surface area contributed by atoms with Crippen molar-refractivity contribution in [2.45, 2.75) is 50.5 Å². The highest BCUT2D eigenvalue weighted by molar-refractivity contribution is 5.84. The quantitative estimate of drug-likeness (QED) is 0.840. The highest BCUT2D eigenvalue weighted by Gasteiger charge is 2.51. The summed E-state index contributed by atoms with van der Waals surface area (Å²) < 4.78 is 15.9. The van der Waals surface area contributed by atoms with Gasteiger partial charge in [0.05, 0.1) is 19.8 Å². The first-order chi connectivity index (χ1) is 9.47. The van der Waals surface area contributed by atoms with Gasteiger partial charge < -0.3 is 19.3 Å². The van der Waals surface area contributed by atoms with E-state index in [4.69, 9.17) is 9.47 Å². The van der Waals surface area contributed by atoms with Crippen LogP contribution in [0.2, 0.25) is 0 Å². The Bertz CT molecular complexity index is 381. The summed E-state index contributed by atoms with van der Waals surface area (Å²) in [5.41, 5.74) is -1.30. The number of aliphatic carboxylic acids is 1. The molecule has 2 aliphatic heterocycles. The second kappa shape index (κ2) is 5.97. The van der Waals surface area contributed by atoms with Crippen LogP contribution in [0.25, 0.3) is 0 Å². The molecular formula is C13H21NO6. The number of nitrogens with zero attached hydrogens (tertiary/aromatic N) is 1. The molecule has 1 N–H and O–H groups in total. The molecule has 7 nitrogen and oxygen atoms in total. The molecule has 7 heteroatoms. The molecule has 2 unspecified atom stereocenters. The third kappa shape index (κ3) is 2.88. The van der Waals surface area contributed by atoms with Crippen molar-refractivity contribution in [3.05, 3.63) is 0 Å². The Kier molecular flexibility index (Phi) is 4.49. The first-order valence-corrected chi connectivity index (χ1v) is 6.83. The van der Waals surface area contributed by atoms with Gasteiger partial charge >= 0.3 is 12.1 Å². The number of ether oxygens (including phenoxy) is 3. The van der Waals surface area contributed by atoms with Gasteiger partial charge in [-0.25, -0.2) is 9.59 Å². The fourth-order valence-electron chi connectivity index (χ4n) is 2.74. The molecule has 3 atom stereocenters. The van der Waals surface area contributed by atoms with Crippen LogP contribution in [0, 0.1) is 0 Å². The number of methoxy groups -OCH3 is 1. The molecule has 2 heterocycles. The molecule has 2 rings (SSSR count). The van der Waals surface area contributed by atoms with Crippen LogP contribution >= 0.6 is 0 Å². The molecule has 0 bridgehead atoms. The van der Waals surface area contributed by atoms with Gasteiger partial charge in [0.25, 0.3) is 0 Å². The highest BCUT2D eigenvalue weighted by atomic mass is 16.7. The first-order valence-electron chi connectivity index (χ1n) is 6.83. The van der Waals surface area contributed by atoms with Crippen LogP contribution in [-0.2, 0) is 19.0 Å². The Labute approximate surface area is 117 Å². The van der Waals surface area contributed by atoms with Crippen LogP contribution < -0.4 is 0 Å². The van der Waals surface area contributed by atoms with E-state index in [1.807, 2.05) is 0 Å². The van der Waals surface area contributed by atoms with Gasteiger partial charge in [-0.3, -0.25) is 4.90 Å². The molecular weight excluding hydrogens is 266 g/mol. The molecule has 0 aromatic rings. The summed E-state index contributed by atoms with van der Waals surface area (Å²) in [5, 5.41) is 9.37. The topological polar surface area (TPSA) is 85.3 Å². The van der Waals surface area contributed by atoms with Gasteiger partial charge in [0.2, 0.25) is 0 Å². The molecule has 20 heavy (non-hydrogen) atoms. The predicted molar refractivity (Wildman–Crippen MR) is 68.2 cm³/mol. The number of amides is 1. The lowest BCUT2D eigenvalue weighted by molar-refractivity contribution is -0.185. The summed E-state index contributed by atoms with van der Waals surface area (Å²) >= 11 is 0. The molecule has 114 valence electrons. The van der Waals surface area contributed by atoms with Gasteiger partial charge in [-0.05, 0) is 26.2 Å². The normalized spacial score (nSPS) is 34.0. The predicted octanol–water partition coefficient (Wildman–Crippen LogP) is 1.21. The number of likely N-dealkylation sites (tertiary alicyclic amines) is 1. The van der Waals surface area contributed by atoms with Crippen LogP contribution in [0.5, 0.6) is 0 Å². The number of carbonyl (C=O) groups excluding carboxylic acids is 1. The number of carbonyl (C=O) groups is 2. The second-order valence-electron chi connectivity index (χ2n) is 5.42. The smallest absolute Gasteiger partial charge is 0.410 e. The molecule has 0 aromatic carbocycles. The average Bonchev–Trinajstić information content (AvgIpc) is 2.77. The van der Waals surface area contributed by atoms with E-state index in [-0.39, 0.29) is 25.4 Å². The van der Waals surface area contributed by atoms with Crippen molar-refractivity contribution < 1.29 is 28.9 Å². The molecule has 0 spiro atoms. The number of carboxylic acids is 1. The van der Waals surface area contributed by atoms with Crippen molar-refractivity contribution >= 4 is 12.1 Å². The largest absolute Gasteiger partial charge is 0.480 e. The van der Waals surface area contributed by atoms with Gasteiger partial charge in [0.1, 0.15) is 5.54 Å². The zero-order valence-electron chi connectivity index (χ0n) is 11.8. The van der Waals surface area contributed by atoms with Crippen molar-refractivity contribution in [3.63, 3.8) is 0 Å². The fourth-order valence-corrected chi connectivity index (χ4v) is 2.74. The zero-order chi connectivity index (χ0) is 14.8. The maximum Gasteiger partial charge on any atom is 0.410 e. The van der Waals surface area contributed by atoms with Crippen LogP contribution in [-0.4, -0.2) is 60.3 Å². The van der Waals surface area contributed by atoms with Crippen LogP contribution in [0.15, 0.2) is 0 Å². The molecule has 2 saturated heterocycles. The van der Waals surface area contributed by atoms with Crippen molar-refractivity contribution in [2.75, 3.05) is 20.3 Å². The molecule has 0 radical (unpaired) electrons. The zero-order valence-corrected chi connectivity index (χ0v) is 11.8. The van der Waals surface area contributed by atoms with E-state index in [0.717, 1.165) is 19.3 Å². The van der Waals surface area contributed by atoms with Gasteiger partial charge in [0, 0.05) is 13.0 Å². The Balaban J connectivity index is 2.03. The Hall–Kier alpha value is -1.34. The monoisotopic (exact) mass is 287 g/mol. The van der Waals surface area contributed by atoms with E-state index in [1.54, 1.807) is 0 Å². The first kappa shape index (κ1) is 15.1. The highest BCUT2D eigenvalue weighted by Crippen LogP contribution is 2.33. The van der Waals surface area contributed by atoms with Crippen molar-refractivity contribution in [3.8, 4) is 0 Å². The number of carboxylic acid groups (broad SMARTS) is 1. The van der Waals surface area contributed by atoms with Gasteiger partial charge in [-0.15, -0.1) is 0 Å². The summed E-state index contributed by atoms with van der Waals surface area (Å²) in [6.07, 6.45) is 1.80. The van der Waals surface area contributed by atoms with Gasteiger partial charge in [-0.1, -0.05) is 0 Å². The van der Waals surface area contributed by atoms with Crippen molar-refractivity contribution in [2.24, 2.45) is 0 Å². The Morgan fingerprint density at radius 1 is 1.40 bits per heavy atom. The number of hydrogen-bond acceptors (Lipinski definition) is 5. The van der Waals surface area contributed by atoms with Gasteiger partial charge in [-0.2, -0.15) is 0 Å². The number of rotatable bonds is 3. The maximum absolute atomic E-state index is 11.7. The van der Waals surface area contributed by atoms with E-state index in [2.05, 4.69) is 4.74 Å². The maximum atomic E-state index is 11.7. The van der Waals surface area contributed by atoms with Crippen LogP contribution in [0.3, 0.4) is 0 Å². The SMILES string of the molecule is COC(=O)N1C[C@H](OC2CCCCO2)CC1(C)C(=O)O. The summed E-state index contributed by atoms with van der Waals surface area (Å²) in [7, 11) is 1.24. The van der Waals surface area contributed by atoms with E-state index < -0.39 is 17.6 Å². The van der Waals surface area contributed by atoms with Crippen molar-refractivity contribution in [1.82, 2.24) is 4.90 Å². The standard InChI is InChI=1S/C13H21NO6/c1-13(11(15)16)7-9(8-14(13)12(17)18-2)20-10-5-3-4-6-19-10/h9-10H,3-8H2,1-2H3,(H,15,16)/t9-,10?,13?/m1/s1. The molecule has 0 aliphatic carbocycles. The van der Waals surface area contributed by atoms with Gasteiger partial charge in [0.15, 0.2) is 6.29 Å². The molecule has 2 aliphatic rings.